The van der Waals surface area contributed by atoms with Crippen LogP contribution in [0, 0.1) is 0 Å². The van der Waals surface area contributed by atoms with Crippen molar-refractivity contribution in [2.45, 2.75) is 30.7 Å². The maximum Gasteiger partial charge on any atom is 0.185 e. The van der Waals surface area contributed by atoms with E-state index in [2.05, 4.69) is 0 Å². The summed E-state index contributed by atoms with van der Waals surface area (Å²) < 4.78 is 10.9. The van der Waals surface area contributed by atoms with Crippen molar-refractivity contribution in [3.63, 3.8) is 0 Å². The first-order chi connectivity index (χ1) is 9.56. The Balaban J connectivity index is 2.22. The van der Waals surface area contributed by atoms with Gasteiger partial charge in [0.05, 0.1) is 13.2 Å². The molecule has 20 heavy (non-hydrogen) atoms. The number of halogens is 1. The van der Waals surface area contributed by atoms with E-state index < -0.39 is 43.9 Å². The van der Waals surface area contributed by atoms with Crippen molar-refractivity contribution in [1.82, 2.24) is 0 Å². The lowest BCUT2D eigenvalue weighted by molar-refractivity contribution is -0.310. The summed E-state index contributed by atoms with van der Waals surface area (Å²) in [5.74, 6) is 0. The fourth-order valence-corrected chi connectivity index (χ4v) is 2.29. The zero-order chi connectivity index (χ0) is 14.7. The number of hydrogen-bond donors (Lipinski definition) is 4. The first-order valence-electron chi connectivity index (χ1n) is 6.21. The van der Waals surface area contributed by atoms with E-state index in [0.717, 1.165) is 0 Å². The smallest absolute Gasteiger partial charge is 0.185 e. The monoisotopic (exact) mass is 304 g/mol. The van der Waals surface area contributed by atoms with E-state index in [0.29, 0.717) is 10.6 Å². The maximum absolute atomic E-state index is 9.94. The van der Waals surface area contributed by atoms with Gasteiger partial charge >= 0.3 is 0 Å². The highest BCUT2D eigenvalue weighted by atomic mass is 35.5. The summed E-state index contributed by atoms with van der Waals surface area (Å²) in [7, 11) is 0. The van der Waals surface area contributed by atoms with Crippen molar-refractivity contribution in [1.29, 1.82) is 0 Å². The molecule has 0 bridgehead atoms. The molecule has 1 heterocycles. The predicted octanol–water partition coefficient (Wildman–Crippen LogP) is -0.171. The van der Waals surface area contributed by atoms with Crippen LogP contribution >= 0.6 is 11.6 Å². The minimum atomic E-state index is -1.27. The third kappa shape index (κ3) is 3.29. The van der Waals surface area contributed by atoms with Gasteiger partial charge in [-0.3, -0.25) is 0 Å². The van der Waals surface area contributed by atoms with Gasteiger partial charge in [-0.15, -0.1) is 0 Å². The molecule has 112 valence electrons. The van der Waals surface area contributed by atoms with E-state index >= 15 is 0 Å². The summed E-state index contributed by atoms with van der Waals surface area (Å²) in [4.78, 5) is 0. The number of rotatable bonds is 4. The Morgan fingerprint density at radius 3 is 2.60 bits per heavy atom. The molecule has 2 rings (SSSR count). The summed E-state index contributed by atoms with van der Waals surface area (Å²) in [5, 5.41) is 38.4. The van der Waals surface area contributed by atoms with Gasteiger partial charge in [0, 0.05) is 10.6 Å². The van der Waals surface area contributed by atoms with Crippen molar-refractivity contribution < 1.29 is 29.9 Å². The van der Waals surface area contributed by atoms with Gasteiger partial charge < -0.3 is 29.9 Å². The van der Waals surface area contributed by atoms with Crippen molar-refractivity contribution >= 4 is 11.6 Å². The third-order valence-corrected chi connectivity index (χ3v) is 3.40. The molecule has 4 N–H and O–H groups in total. The number of aliphatic hydroxyl groups is 4. The summed E-state index contributed by atoms with van der Waals surface area (Å²) in [6, 6.07) is 6.74. The second-order valence-electron chi connectivity index (χ2n) is 4.59. The fraction of sp³-hybridized carbons (Fsp3) is 0.538. The molecule has 0 aliphatic carbocycles. The van der Waals surface area contributed by atoms with Crippen LogP contribution in [0.1, 0.15) is 11.9 Å². The first kappa shape index (κ1) is 15.7. The van der Waals surface area contributed by atoms with Crippen LogP contribution in [0.5, 0.6) is 0 Å². The molecule has 0 saturated carbocycles. The van der Waals surface area contributed by atoms with Gasteiger partial charge in [-0.25, -0.2) is 0 Å². The Bertz CT molecular complexity index is 443. The third-order valence-electron chi connectivity index (χ3n) is 3.16. The van der Waals surface area contributed by atoms with Crippen LogP contribution in [0.4, 0.5) is 0 Å². The summed E-state index contributed by atoms with van der Waals surface area (Å²) in [5.41, 5.74) is 0.595. The molecular formula is C13H17ClO6. The number of ether oxygens (including phenoxy) is 2. The molecule has 1 fully saturated rings. The molecule has 0 radical (unpaired) electrons. The Morgan fingerprint density at radius 1 is 1.25 bits per heavy atom. The molecule has 1 unspecified atom stereocenters. The lowest BCUT2D eigenvalue weighted by atomic mass is 10.0. The molecule has 5 atom stereocenters. The Hall–Kier alpha value is -0.730. The van der Waals surface area contributed by atoms with Crippen LogP contribution in [0.25, 0.3) is 0 Å². The highest BCUT2D eigenvalue weighted by molar-refractivity contribution is 6.30. The van der Waals surface area contributed by atoms with Crippen molar-refractivity contribution in [2.24, 2.45) is 0 Å². The fourth-order valence-electron chi connectivity index (χ4n) is 2.09. The van der Waals surface area contributed by atoms with E-state index in [1.807, 2.05) is 0 Å². The molecule has 0 spiro atoms. The predicted molar refractivity (Wildman–Crippen MR) is 70.1 cm³/mol. The van der Waals surface area contributed by atoms with Crippen LogP contribution < -0.4 is 0 Å². The lowest BCUT2D eigenvalue weighted by Crippen LogP contribution is -2.54. The van der Waals surface area contributed by atoms with E-state index in [1.54, 1.807) is 24.3 Å². The topological polar surface area (TPSA) is 99.4 Å². The maximum atomic E-state index is 9.94. The quantitative estimate of drug-likeness (QED) is 0.616. The minimum Gasteiger partial charge on any atom is -0.394 e. The second-order valence-corrected chi connectivity index (χ2v) is 5.02. The van der Waals surface area contributed by atoms with Crippen molar-refractivity contribution in [3.8, 4) is 0 Å². The molecule has 1 saturated heterocycles. The van der Waals surface area contributed by atoms with Crippen LogP contribution in [-0.2, 0) is 9.47 Å². The molecule has 0 aromatic heterocycles. The average Bonchev–Trinajstić information content (AvgIpc) is 2.46. The van der Waals surface area contributed by atoms with Crippen molar-refractivity contribution in [2.75, 3.05) is 13.2 Å². The van der Waals surface area contributed by atoms with Gasteiger partial charge in [0.1, 0.15) is 24.4 Å². The lowest BCUT2D eigenvalue weighted by Gasteiger charge is -2.40. The molecular weight excluding hydrogens is 288 g/mol. The highest BCUT2D eigenvalue weighted by Gasteiger charge is 2.42. The molecule has 1 aliphatic rings. The van der Waals surface area contributed by atoms with Crippen molar-refractivity contribution in [3.05, 3.63) is 34.9 Å². The zero-order valence-corrected chi connectivity index (χ0v) is 11.3. The van der Waals surface area contributed by atoms with E-state index in [4.69, 9.17) is 26.2 Å². The molecule has 1 aromatic rings. The summed E-state index contributed by atoms with van der Waals surface area (Å²) in [6.07, 6.45) is -5.38. The van der Waals surface area contributed by atoms with Crippen LogP contribution in [0.3, 0.4) is 0 Å². The molecule has 7 heteroatoms. The normalized spacial score (nSPS) is 32.0. The largest absolute Gasteiger partial charge is 0.394 e. The second kappa shape index (κ2) is 6.82. The van der Waals surface area contributed by atoms with Gasteiger partial charge in [0.25, 0.3) is 0 Å². The van der Waals surface area contributed by atoms with Gasteiger partial charge in [0.15, 0.2) is 6.29 Å². The van der Waals surface area contributed by atoms with Gasteiger partial charge in [0.2, 0.25) is 0 Å². The molecule has 1 aromatic carbocycles. The van der Waals surface area contributed by atoms with Gasteiger partial charge in [-0.1, -0.05) is 23.7 Å². The number of aliphatic hydroxyl groups excluding tert-OH is 4. The Labute approximate surface area is 121 Å². The summed E-state index contributed by atoms with van der Waals surface area (Å²) in [6.45, 7) is -1.00. The van der Waals surface area contributed by atoms with Crippen LogP contribution in [-0.4, -0.2) is 58.1 Å². The molecule has 1 aliphatic heterocycles. The number of hydrogen-bond acceptors (Lipinski definition) is 6. The first-order valence-corrected chi connectivity index (χ1v) is 6.59. The zero-order valence-electron chi connectivity index (χ0n) is 10.6. The van der Waals surface area contributed by atoms with Gasteiger partial charge in [-0.05, 0) is 12.1 Å². The van der Waals surface area contributed by atoms with E-state index in [9.17, 15) is 15.3 Å². The molecule has 0 amide bonds. The van der Waals surface area contributed by atoms with E-state index in [-0.39, 0.29) is 0 Å². The van der Waals surface area contributed by atoms with Crippen LogP contribution in [0.2, 0.25) is 5.02 Å². The standard InChI is InChI=1S/C13H17ClO6/c14-8-3-1-2-7(4-8)13-19-10(6-16)11(18)12(20-13)9(17)5-15/h1-4,9-13,15-18H,5-6H2/t9-,10+,11-,12-,13?/m0/s1. The minimum absolute atomic E-state index is 0.434. The number of benzene rings is 1. The van der Waals surface area contributed by atoms with Crippen LogP contribution in [0.15, 0.2) is 24.3 Å². The van der Waals surface area contributed by atoms with Gasteiger partial charge in [-0.2, -0.15) is 0 Å². The summed E-state index contributed by atoms with van der Waals surface area (Å²) >= 11 is 5.89. The highest BCUT2D eigenvalue weighted by Crippen LogP contribution is 2.32. The average molecular weight is 305 g/mol. The Kier molecular flexibility index (Phi) is 5.34. The SMILES string of the molecule is OC[C@H](O)[C@@H]1OC(c2cccc(Cl)c2)O[C@H](CO)[C@@H]1O. The molecule has 6 nitrogen and oxygen atoms in total. The van der Waals surface area contributed by atoms with E-state index in [1.165, 1.54) is 0 Å². The Morgan fingerprint density at radius 2 is 2.00 bits per heavy atom.